The van der Waals surface area contributed by atoms with Crippen molar-refractivity contribution in [3.63, 3.8) is 0 Å². The summed E-state index contributed by atoms with van der Waals surface area (Å²) in [5.41, 5.74) is 5.31. The lowest BCUT2D eigenvalue weighted by Crippen LogP contribution is -2.40. The second-order valence-electron chi connectivity index (χ2n) is 3.52. The van der Waals surface area contributed by atoms with E-state index in [0.717, 1.165) is 22.3 Å². The highest BCUT2D eigenvalue weighted by Crippen LogP contribution is 2.22. The number of nitrogens with two attached hydrogens (primary N) is 1. The van der Waals surface area contributed by atoms with Gasteiger partial charge in [0.05, 0.1) is 6.61 Å². The largest absolute Gasteiger partial charge is 0.394 e. The third kappa shape index (κ3) is 3.91. The third-order valence-electron chi connectivity index (χ3n) is 1.77. The van der Waals surface area contributed by atoms with E-state index in [-0.39, 0.29) is 6.61 Å². The van der Waals surface area contributed by atoms with E-state index in [1.54, 1.807) is 11.8 Å². The van der Waals surface area contributed by atoms with Crippen LogP contribution in [-0.4, -0.2) is 32.4 Å². The topological polar surface area (TPSA) is 72.0 Å². The molecule has 4 nitrogen and oxygen atoms in total. The second kappa shape index (κ2) is 5.06. The van der Waals surface area contributed by atoms with Gasteiger partial charge in [-0.2, -0.15) is 4.37 Å². The van der Waals surface area contributed by atoms with Crippen molar-refractivity contribution in [1.82, 2.24) is 9.36 Å². The maximum absolute atomic E-state index is 8.94. The molecular formula is C8H15N3OS2. The molecular weight excluding hydrogens is 218 g/mol. The van der Waals surface area contributed by atoms with Gasteiger partial charge in [0.15, 0.2) is 4.34 Å². The monoisotopic (exact) mass is 233 g/mol. The first kappa shape index (κ1) is 11.9. The molecule has 0 saturated carbocycles. The van der Waals surface area contributed by atoms with Gasteiger partial charge in [-0.25, -0.2) is 4.98 Å². The van der Waals surface area contributed by atoms with Crippen LogP contribution in [0.15, 0.2) is 4.34 Å². The van der Waals surface area contributed by atoms with E-state index in [0.29, 0.717) is 0 Å². The second-order valence-corrected chi connectivity index (χ2v) is 5.61. The molecule has 1 aromatic rings. The minimum Gasteiger partial charge on any atom is -0.394 e. The van der Waals surface area contributed by atoms with Crippen LogP contribution in [0.5, 0.6) is 0 Å². The number of aromatic nitrogens is 2. The first-order valence-electron chi connectivity index (χ1n) is 4.36. The van der Waals surface area contributed by atoms with Crippen LogP contribution >= 0.6 is 23.3 Å². The van der Waals surface area contributed by atoms with Gasteiger partial charge < -0.3 is 10.8 Å². The molecule has 14 heavy (non-hydrogen) atoms. The van der Waals surface area contributed by atoms with Gasteiger partial charge in [-0.15, -0.1) is 0 Å². The fourth-order valence-electron chi connectivity index (χ4n) is 0.787. The molecule has 1 atom stereocenters. The smallest absolute Gasteiger partial charge is 0.170 e. The molecule has 0 spiro atoms. The van der Waals surface area contributed by atoms with E-state index >= 15 is 0 Å². The van der Waals surface area contributed by atoms with Crippen LogP contribution in [0.25, 0.3) is 0 Å². The van der Waals surface area contributed by atoms with Gasteiger partial charge in [-0.3, -0.25) is 0 Å². The number of aliphatic hydroxyl groups excluding tert-OH is 1. The van der Waals surface area contributed by atoms with Crippen LogP contribution in [-0.2, 0) is 0 Å². The average molecular weight is 233 g/mol. The third-order valence-corrected chi connectivity index (χ3v) is 3.70. The number of thioether (sulfide) groups is 1. The average Bonchev–Trinajstić information content (AvgIpc) is 2.51. The molecule has 1 heterocycles. The number of nitrogens with zero attached hydrogens (tertiary/aromatic N) is 2. The van der Waals surface area contributed by atoms with Crippen LogP contribution in [0, 0.1) is 6.92 Å². The van der Waals surface area contributed by atoms with Gasteiger partial charge in [0.2, 0.25) is 0 Å². The molecule has 0 aliphatic heterocycles. The Balaban J connectivity index is 2.28. The first-order valence-corrected chi connectivity index (χ1v) is 6.12. The van der Waals surface area contributed by atoms with Crippen LogP contribution < -0.4 is 5.73 Å². The summed E-state index contributed by atoms with van der Waals surface area (Å²) in [5, 5.41) is 8.94. The molecule has 6 heteroatoms. The summed E-state index contributed by atoms with van der Waals surface area (Å²) in [6.45, 7) is 3.74. The van der Waals surface area contributed by atoms with Crippen molar-refractivity contribution in [1.29, 1.82) is 0 Å². The molecule has 0 bridgehead atoms. The summed E-state index contributed by atoms with van der Waals surface area (Å²) in [5.74, 6) is 1.68. The molecule has 3 N–H and O–H groups in total. The number of hydrogen-bond donors (Lipinski definition) is 2. The fourth-order valence-corrected chi connectivity index (χ4v) is 2.72. The van der Waals surface area contributed by atoms with Crippen LogP contribution in [0.4, 0.5) is 0 Å². The molecule has 1 rings (SSSR count). The maximum atomic E-state index is 8.94. The SMILES string of the molecule is Cc1nsc(SCCC(C)(N)CO)n1. The fraction of sp³-hybridized carbons (Fsp3) is 0.750. The number of aryl methyl sites for hydroxylation is 1. The zero-order valence-electron chi connectivity index (χ0n) is 8.36. The van der Waals surface area contributed by atoms with Crippen molar-refractivity contribution in [2.24, 2.45) is 5.73 Å². The summed E-state index contributed by atoms with van der Waals surface area (Å²) in [7, 11) is 0. The van der Waals surface area contributed by atoms with Gasteiger partial charge in [0.25, 0.3) is 0 Å². The van der Waals surface area contributed by atoms with Crippen LogP contribution in [0.3, 0.4) is 0 Å². The van der Waals surface area contributed by atoms with Gasteiger partial charge in [-0.1, -0.05) is 11.8 Å². The zero-order valence-corrected chi connectivity index (χ0v) is 9.99. The summed E-state index contributed by atoms with van der Waals surface area (Å²) in [6.07, 6.45) is 0.771. The van der Waals surface area contributed by atoms with E-state index in [9.17, 15) is 0 Å². The standard InChI is InChI=1S/C8H15N3OS2/c1-6-10-7(14-11-6)13-4-3-8(2,9)5-12/h12H,3-5,9H2,1-2H3. The Morgan fingerprint density at radius 3 is 2.86 bits per heavy atom. The van der Waals surface area contributed by atoms with Crippen LogP contribution in [0.2, 0.25) is 0 Å². The predicted molar refractivity (Wildman–Crippen MR) is 59.7 cm³/mol. The Morgan fingerprint density at radius 2 is 2.36 bits per heavy atom. The first-order chi connectivity index (χ1) is 6.53. The highest BCUT2D eigenvalue weighted by atomic mass is 32.2. The number of rotatable bonds is 5. The maximum Gasteiger partial charge on any atom is 0.170 e. The van der Waals surface area contributed by atoms with Crippen molar-refractivity contribution in [3.8, 4) is 0 Å². The van der Waals surface area contributed by atoms with Gasteiger partial charge in [-0.05, 0) is 31.8 Å². The Hall–Kier alpha value is -0.170. The molecule has 1 aromatic heterocycles. The molecule has 1 unspecified atom stereocenters. The highest BCUT2D eigenvalue weighted by molar-refractivity contribution is 8.00. The Labute approximate surface area is 92.1 Å². The lowest BCUT2D eigenvalue weighted by molar-refractivity contribution is 0.206. The van der Waals surface area contributed by atoms with E-state index < -0.39 is 5.54 Å². The minimum atomic E-state index is -0.479. The summed E-state index contributed by atoms with van der Waals surface area (Å²) >= 11 is 3.04. The van der Waals surface area contributed by atoms with E-state index in [1.807, 2.05) is 13.8 Å². The van der Waals surface area contributed by atoms with E-state index in [1.165, 1.54) is 11.5 Å². The molecule has 0 aromatic carbocycles. The molecule has 0 saturated heterocycles. The lowest BCUT2D eigenvalue weighted by atomic mass is 10.0. The molecule has 0 fully saturated rings. The summed E-state index contributed by atoms with van der Waals surface area (Å²) < 4.78 is 5.05. The molecule has 0 radical (unpaired) electrons. The van der Waals surface area contributed by atoms with E-state index in [2.05, 4.69) is 9.36 Å². The van der Waals surface area contributed by atoms with Crippen molar-refractivity contribution in [3.05, 3.63) is 5.82 Å². The molecule has 0 amide bonds. The summed E-state index contributed by atoms with van der Waals surface area (Å²) in [6, 6.07) is 0. The Kier molecular flexibility index (Phi) is 4.31. The van der Waals surface area contributed by atoms with Gasteiger partial charge in [0.1, 0.15) is 5.82 Å². The zero-order chi connectivity index (χ0) is 10.6. The summed E-state index contributed by atoms with van der Waals surface area (Å²) in [4.78, 5) is 4.22. The quantitative estimate of drug-likeness (QED) is 0.743. The Morgan fingerprint density at radius 1 is 1.64 bits per heavy atom. The Bertz CT molecular complexity index is 288. The predicted octanol–water partition coefficient (Wildman–Crippen LogP) is 1.04. The molecule has 80 valence electrons. The molecule has 0 aliphatic rings. The van der Waals surface area contributed by atoms with Crippen LogP contribution in [0.1, 0.15) is 19.2 Å². The highest BCUT2D eigenvalue weighted by Gasteiger charge is 2.16. The normalized spacial score (nSPS) is 15.4. The number of aliphatic hydroxyl groups is 1. The van der Waals surface area contributed by atoms with Crippen molar-refractivity contribution < 1.29 is 5.11 Å². The van der Waals surface area contributed by atoms with Gasteiger partial charge >= 0.3 is 0 Å². The molecule has 0 aliphatic carbocycles. The number of hydrogen-bond acceptors (Lipinski definition) is 6. The minimum absolute atomic E-state index is 0.0166. The van der Waals surface area contributed by atoms with Crippen molar-refractivity contribution in [2.45, 2.75) is 30.1 Å². The van der Waals surface area contributed by atoms with Gasteiger partial charge in [0, 0.05) is 11.3 Å². The van der Waals surface area contributed by atoms with Crippen molar-refractivity contribution in [2.75, 3.05) is 12.4 Å². The van der Waals surface area contributed by atoms with E-state index in [4.69, 9.17) is 10.8 Å². The lowest BCUT2D eigenvalue weighted by Gasteiger charge is -2.20. The van der Waals surface area contributed by atoms with Crippen molar-refractivity contribution >= 4 is 23.3 Å².